The minimum atomic E-state index is -0.338. The van der Waals surface area contributed by atoms with Crippen molar-refractivity contribution in [3.05, 3.63) is 90.0 Å². The van der Waals surface area contributed by atoms with Crippen LogP contribution >= 0.6 is 0 Å². The van der Waals surface area contributed by atoms with Crippen molar-refractivity contribution >= 4 is 34.0 Å². The number of amides is 1. The number of likely N-dealkylation sites (N-methyl/N-ethyl adjacent to an activating group) is 1. The van der Waals surface area contributed by atoms with Gasteiger partial charge in [-0.15, -0.1) is 0 Å². The third-order valence-electron chi connectivity index (χ3n) is 8.07. The predicted molar refractivity (Wildman–Crippen MR) is 186 cm³/mol. The van der Waals surface area contributed by atoms with E-state index >= 15 is 0 Å². The Balaban J connectivity index is 1.37. The number of nitrogens with zero attached hydrogens (tertiary/aromatic N) is 5. The molecule has 5 aromatic rings. The van der Waals surface area contributed by atoms with Crippen LogP contribution in [0.1, 0.15) is 50.2 Å². The second-order valence-corrected chi connectivity index (χ2v) is 12.6. The number of rotatable bonds is 10. The van der Waals surface area contributed by atoms with E-state index in [9.17, 15) is 9.18 Å². The Bertz CT molecular complexity index is 1950. The molecule has 242 valence electrons. The second kappa shape index (κ2) is 13.8. The molecule has 4 heterocycles. The van der Waals surface area contributed by atoms with Gasteiger partial charge in [-0.3, -0.25) is 25.1 Å². The molecule has 0 bridgehead atoms. The van der Waals surface area contributed by atoms with E-state index in [4.69, 9.17) is 9.98 Å². The number of fused-ring (bicyclic) bond motifs is 2. The zero-order chi connectivity index (χ0) is 33.1. The molecule has 1 amide bonds. The van der Waals surface area contributed by atoms with Crippen LogP contribution in [0.5, 0.6) is 0 Å². The number of pyridine rings is 2. The molecule has 2 aromatic carbocycles. The van der Waals surface area contributed by atoms with Crippen LogP contribution in [0.4, 0.5) is 15.8 Å². The van der Waals surface area contributed by atoms with Crippen LogP contribution in [-0.4, -0.2) is 70.3 Å². The predicted octanol–water partition coefficient (Wildman–Crippen LogP) is 6.24. The van der Waals surface area contributed by atoms with Gasteiger partial charge in [-0.1, -0.05) is 26.0 Å². The Hall–Kier alpha value is -5.00. The quantitative estimate of drug-likeness (QED) is 0.144. The first-order valence-corrected chi connectivity index (χ1v) is 15.9. The van der Waals surface area contributed by atoms with Gasteiger partial charge in [0.15, 0.2) is 5.82 Å². The highest BCUT2D eigenvalue weighted by molar-refractivity contribution is 6.14. The molecule has 11 heteroatoms. The molecule has 0 saturated heterocycles. The van der Waals surface area contributed by atoms with Crippen molar-refractivity contribution in [3.63, 3.8) is 0 Å². The zero-order valence-electron chi connectivity index (χ0n) is 27.4. The lowest BCUT2D eigenvalue weighted by atomic mass is 9.93. The fraction of sp³-hybridized carbons (Fsp3) is 0.306. The van der Waals surface area contributed by atoms with Gasteiger partial charge in [0.1, 0.15) is 11.5 Å². The lowest BCUT2D eigenvalue weighted by Gasteiger charge is -2.16. The summed E-state index contributed by atoms with van der Waals surface area (Å²) in [6.07, 6.45) is 7.33. The molecule has 1 aliphatic rings. The SMILES string of the molecule is CC(C)CC(=O)Nc1cncc(-c2ccc3c(c2)C(c2nc4c(-c5cc(F)cc(NCCN(C)C)c5)cncc4[nH]2)=NCNC3C)c1. The fourth-order valence-corrected chi connectivity index (χ4v) is 5.75. The number of hydrogen-bond acceptors (Lipinski definition) is 8. The number of aliphatic imine (C=N–C) groups is 1. The molecular formula is C36H40FN9O. The summed E-state index contributed by atoms with van der Waals surface area (Å²) in [6, 6.07) is 13.2. The molecular weight excluding hydrogens is 593 g/mol. The van der Waals surface area contributed by atoms with Gasteiger partial charge < -0.3 is 20.5 Å². The smallest absolute Gasteiger partial charge is 0.224 e. The number of aromatic nitrogens is 4. The van der Waals surface area contributed by atoms with Crippen molar-refractivity contribution in [2.75, 3.05) is 44.5 Å². The molecule has 47 heavy (non-hydrogen) atoms. The van der Waals surface area contributed by atoms with Crippen molar-refractivity contribution in [3.8, 4) is 22.3 Å². The van der Waals surface area contributed by atoms with Crippen LogP contribution in [0.25, 0.3) is 33.3 Å². The molecule has 0 saturated carbocycles. The van der Waals surface area contributed by atoms with E-state index < -0.39 is 0 Å². The fourth-order valence-electron chi connectivity index (χ4n) is 5.75. The molecule has 10 nitrogen and oxygen atoms in total. The summed E-state index contributed by atoms with van der Waals surface area (Å²) in [6.45, 7) is 8.06. The normalized spacial score (nSPS) is 14.6. The lowest BCUT2D eigenvalue weighted by Crippen LogP contribution is -2.20. The minimum Gasteiger partial charge on any atom is -0.384 e. The van der Waals surface area contributed by atoms with Crippen molar-refractivity contribution in [2.24, 2.45) is 10.9 Å². The van der Waals surface area contributed by atoms with Crippen LogP contribution in [0.3, 0.4) is 0 Å². The summed E-state index contributed by atoms with van der Waals surface area (Å²) in [5.41, 5.74) is 8.68. The third-order valence-corrected chi connectivity index (χ3v) is 8.07. The number of imidazole rings is 1. The number of hydrogen-bond donors (Lipinski definition) is 4. The van der Waals surface area contributed by atoms with Gasteiger partial charge in [0.25, 0.3) is 0 Å². The summed E-state index contributed by atoms with van der Waals surface area (Å²) < 4.78 is 14.8. The topological polar surface area (TPSA) is 123 Å². The zero-order valence-corrected chi connectivity index (χ0v) is 27.4. The first kappa shape index (κ1) is 32.0. The van der Waals surface area contributed by atoms with Gasteiger partial charge in [-0.25, -0.2) is 9.37 Å². The van der Waals surface area contributed by atoms with Crippen molar-refractivity contribution < 1.29 is 9.18 Å². The second-order valence-electron chi connectivity index (χ2n) is 12.6. The molecule has 1 atom stereocenters. The molecule has 0 radical (unpaired) electrons. The maximum absolute atomic E-state index is 14.8. The van der Waals surface area contributed by atoms with E-state index in [1.165, 1.54) is 12.1 Å². The summed E-state index contributed by atoms with van der Waals surface area (Å²) in [4.78, 5) is 36.7. The molecule has 0 spiro atoms. The highest BCUT2D eigenvalue weighted by atomic mass is 19.1. The van der Waals surface area contributed by atoms with Crippen LogP contribution < -0.4 is 16.0 Å². The highest BCUT2D eigenvalue weighted by Gasteiger charge is 2.23. The Morgan fingerprint density at radius 2 is 1.79 bits per heavy atom. The highest BCUT2D eigenvalue weighted by Crippen LogP contribution is 2.33. The number of carbonyl (C=O) groups is 1. The monoisotopic (exact) mass is 633 g/mol. The molecule has 3 aromatic heterocycles. The number of H-pyrrole nitrogens is 1. The van der Waals surface area contributed by atoms with Gasteiger partial charge >= 0.3 is 0 Å². The maximum atomic E-state index is 14.8. The first-order valence-electron chi connectivity index (χ1n) is 15.9. The van der Waals surface area contributed by atoms with Gasteiger partial charge in [0, 0.05) is 60.3 Å². The summed E-state index contributed by atoms with van der Waals surface area (Å²) >= 11 is 0. The summed E-state index contributed by atoms with van der Waals surface area (Å²) in [5.74, 6) is 0.479. The Labute approximate surface area is 274 Å². The van der Waals surface area contributed by atoms with Gasteiger partial charge in [0.05, 0.1) is 35.8 Å². The lowest BCUT2D eigenvalue weighted by molar-refractivity contribution is -0.116. The Kier molecular flexibility index (Phi) is 9.37. The van der Waals surface area contributed by atoms with E-state index in [0.717, 1.165) is 39.9 Å². The van der Waals surface area contributed by atoms with Crippen LogP contribution in [0.15, 0.2) is 72.2 Å². The molecule has 0 fully saturated rings. The van der Waals surface area contributed by atoms with Gasteiger partial charge in [-0.05, 0) is 74.0 Å². The number of anilines is 2. The van der Waals surface area contributed by atoms with Crippen molar-refractivity contribution in [1.29, 1.82) is 0 Å². The molecule has 6 rings (SSSR count). The van der Waals surface area contributed by atoms with E-state index in [0.29, 0.717) is 53.6 Å². The number of carbonyl (C=O) groups excluding carboxylic acids is 1. The van der Waals surface area contributed by atoms with Crippen LogP contribution in [-0.2, 0) is 4.79 Å². The third kappa shape index (κ3) is 7.37. The molecule has 0 aliphatic carbocycles. The summed E-state index contributed by atoms with van der Waals surface area (Å²) in [7, 11) is 4.00. The first-order chi connectivity index (χ1) is 22.6. The van der Waals surface area contributed by atoms with E-state index in [2.05, 4.69) is 60.9 Å². The maximum Gasteiger partial charge on any atom is 0.224 e. The van der Waals surface area contributed by atoms with Gasteiger partial charge in [-0.2, -0.15) is 0 Å². The number of halogens is 1. The standard InChI is InChI=1S/C36H40FN9O/c1-21(2)10-33(47)43-28-13-25(16-38-17-28)23-6-7-29-22(3)41-20-42-35(30(29)14-23)36-44-32-19-39-18-31(34(32)45-36)24-11-26(37)15-27(12-24)40-8-9-46(4)5/h6-7,11-19,21-22,40-41H,8-10,20H2,1-5H3,(H,43,47)(H,44,45). The van der Waals surface area contributed by atoms with E-state index in [-0.39, 0.29) is 23.7 Å². The molecule has 4 N–H and O–H groups in total. The van der Waals surface area contributed by atoms with E-state index in [1.807, 2.05) is 40.1 Å². The summed E-state index contributed by atoms with van der Waals surface area (Å²) in [5, 5.41) is 9.74. The Morgan fingerprint density at radius 1 is 0.979 bits per heavy atom. The van der Waals surface area contributed by atoms with Crippen molar-refractivity contribution in [1.82, 2.24) is 30.2 Å². The van der Waals surface area contributed by atoms with Crippen LogP contribution in [0.2, 0.25) is 0 Å². The number of aromatic amines is 1. The largest absolute Gasteiger partial charge is 0.384 e. The number of benzene rings is 2. The number of nitrogens with one attached hydrogen (secondary N) is 4. The molecule has 1 aliphatic heterocycles. The average Bonchev–Trinajstić information content (AvgIpc) is 3.39. The van der Waals surface area contributed by atoms with Crippen molar-refractivity contribution in [2.45, 2.75) is 33.2 Å². The van der Waals surface area contributed by atoms with Gasteiger partial charge in [0.2, 0.25) is 5.91 Å². The van der Waals surface area contributed by atoms with E-state index in [1.54, 1.807) is 24.8 Å². The minimum absolute atomic E-state index is 0.0380. The van der Waals surface area contributed by atoms with Crippen LogP contribution in [0, 0.1) is 11.7 Å². The molecule has 1 unspecified atom stereocenters. The average molecular weight is 634 g/mol. The Morgan fingerprint density at radius 3 is 2.60 bits per heavy atom.